The molecule has 5 nitrogen and oxygen atoms in total. The van der Waals surface area contributed by atoms with Crippen LogP contribution in [0.2, 0.25) is 0 Å². The number of aryl methyl sites for hydroxylation is 1. The van der Waals surface area contributed by atoms with Crippen LogP contribution in [0, 0.1) is 6.92 Å². The van der Waals surface area contributed by atoms with Crippen LogP contribution in [-0.4, -0.2) is 37.7 Å². The fraction of sp³-hybridized carbons (Fsp3) is 0.480. The zero-order chi connectivity index (χ0) is 21.4. The smallest absolute Gasteiger partial charge is 0.255 e. The zero-order valence-corrected chi connectivity index (χ0v) is 18.7. The molecule has 0 atom stereocenters. The Labute approximate surface area is 179 Å². The van der Waals surface area contributed by atoms with Gasteiger partial charge in [0.1, 0.15) is 0 Å². The monoisotopic (exact) mass is 404 g/mol. The molecule has 0 spiro atoms. The van der Waals surface area contributed by atoms with Gasteiger partial charge < -0.3 is 4.90 Å². The first-order valence-corrected chi connectivity index (χ1v) is 11.2. The quantitative estimate of drug-likeness (QED) is 0.541. The highest BCUT2D eigenvalue weighted by Gasteiger charge is 2.31. The van der Waals surface area contributed by atoms with Crippen LogP contribution >= 0.6 is 0 Å². The first kappa shape index (κ1) is 20.6. The lowest BCUT2D eigenvalue weighted by molar-refractivity contribution is 0.0615. The molecule has 0 radical (unpaired) electrons. The molecule has 3 aromatic rings. The minimum absolute atomic E-state index is 0.0995. The van der Waals surface area contributed by atoms with E-state index in [4.69, 9.17) is 4.98 Å². The van der Waals surface area contributed by atoms with Crippen molar-refractivity contribution in [3.8, 4) is 11.3 Å². The lowest BCUT2D eigenvalue weighted by Crippen LogP contribution is -2.43. The summed E-state index contributed by atoms with van der Waals surface area (Å²) >= 11 is 0. The highest BCUT2D eigenvalue weighted by Crippen LogP contribution is 2.32. The van der Waals surface area contributed by atoms with Gasteiger partial charge in [-0.05, 0) is 59.1 Å². The average Bonchev–Trinajstić information content (AvgIpc) is 3.37. The number of rotatable bonds is 5. The molecule has 1 aliphatic rings. The van der Waals surface area contributed by atoms with Gasteiger partial charge in [-0.25, -0.2) is 9.67 Å². The van der Waals surface area contributed by atoms with E-state index in [9.17, 15) is 4.79 Å². The average molecular weight is 405 g/mol. The Bertz CT molecular complexity index is 1060. The summed E-state index contributed by atoms with van der Waals surface area (Å²) in [7, 11) is 0. The van der Waals surface area contributed by atoms with Gasteiger partial charge in [0, 0.05) is 23.7 Å². The summed E-state index contributed by atoms with van der Waals surface area (Å²) in [6, 6.07) is 10.8. The Morgan fingerprint density at radius 3 is 2.47 bits per heavy atom. The van der Waals surface area contributed by atoms with Crippen LogP contribution in [-0.2, 0) is 0 Å². The van der Waals surface area contributed by atoms with Crippen LogP contribution in [0.1, 0.15) is 75.3 Å². The molecule has 1 aliphatic carbocycles. The second-order valence-electron chi connectivity index (χ2n) is 9.03. The molecule has 0 aliphatic heterocycles. The topological polar surface area (TPSA) is 51.0 Å². The Kier molecular flexibility index (Phi) is 5.63. The molecule has 5 heteroatoms. The van der Waals surface area contributed by atoms with Gasteiger partial charge in [0.25, 0.3) is 5.91 Å². The molecule has 30 heavy (non-hydrogen) atoms. The van der Waals surface area contributed by atoms with E-state index < -0.39 is 0 Å². The SMILES string of the molecule is Cc1ccccc1-c1cc(C(=O)N(C(C)C)C2CCCC2)c2cnn(C(C)C)c2n1. The van der Waals surface area contributed by atoms with Crippen molar-refractivity contribution in [3.05, 3.63) is 47.7 Å². The van der Waals surface area contributed by atoms with Crippen LogP contribution in [0.25, 0.3) is 22.3 Å². The molecule has 2 heterocycles. The summed E-state index contributed by atoms with van der Waals surface area (Å²) in [6.45, 7) is 10.5. The highest BCUT2D eigenvalue weighted by molar-refractivity contribution is 6.06. The number of hydrogen-bond acceptors (Lipinski definition) is 3. The molecule has 0 saturated heterocycles. The van der Waals surface area contributed by atoms with E-state index in [1.165, 1.54) is 12.8 Å². The highest BCUT2D eigenvalue weighted by atomic mass is 16.2. The van der Waals surface area contributed by atoms with Crippen molar-refractivity contribution in [2.75, 3.05) is 0 Å². The van der Waals surface area contributed by atoms with E-state index >= 15 is 0 Å². The van der Waals surface area contributed by atoms with Gasteiger partial charge in [-0.2, -0.15) is 5.10 Å². The number of pyridine rings is 1. The van der Waals surface area contributed by atoms with E-state index in [1.54, 1.807) is 0 Å². The number of carbonyl (C=O) groups is 1. The lowest BCUT2D eigenvalue weighted by atomic mass is 10.0. The molecule has 0 unspecified atom stereocenters. The molecular weight excluding hydrogens is 372 g/mol. The molecule has 1 fully saturated rings. The molecule has 0 bridgehead atoms. The third-order valence-electron chi connectivity index (χ3n) is 6.22. The van der Waals surface area contributed by atoms with Crippen LogP contribution in [0.15, 0.2) is 36.5 Å². The van der Waals surface area contributed by atoms with Gasteiger partial charge in [0.2, 0.25) is 0 Å². The Balaban J connectivity index is 1.91. The maximum Gasteiger partial charge on any atom is 0.255 e. The summed E-state index contributed by atoms with van der Waals surface area (Å²) in [5.41, 5.74) is 4.54. The van der Waals surface area contributed by atoms with Crippen molar-refractivity contribution < 1.29 is 4.79 Å². The number of benzene rings is 1. The van der Waals surface area contributed by atoms with E-state index in [2.05, 4.69) is 56.8 Å². The van der Waals surface area contributed by atoms with Crippen molar-refractivity contribution in [1.82, 2.24) is 19.7 Å². The predicted molar refractivity (Wildman–Crippen MR) is 122 cm³/mol. The zero-order valence-electron chi connectivity index (χ0n) is 18.7. The second kappa shape index (κ2) is 8.21. The normalized spacial score (nSPS) is 14.9. The number of amides is 1. The number of carbonyl (C=O) groups excluding carboxylic acids is 1. The summed E-state index contributed by atoms with van der Waals surface area (Å²) in [4.78, 5) is 21.0. The Hall–Kier alpha value is -2.69. The molecule has 0 N–H and O–H groups in total. The summed E-state index contributed by atoms with van der Waals surface area (Å²) < 4.78 is 1.92. The molecule has 1 saturated carbocycles. The molecule has 4 rings (SSSR count). The van der Waals surface area contributed by atoms with Gasteiger partial charge >= 0.3 is 0 Å². The fourth-order valence-electron chi connectivity index (χ4n) is 4.71. The Morgan fingerprint density at radius 2 is 1.83 bits per heavy atom. The molecular formula is C25H32N4O. The number of hydrogen-bond donors (Lipinski definition) is 0. The van der Waals surface area contributed by atoms with Gasteiger partial charge in [-0.1, -0.05) is 37.1 Å². The van der Waals surface area contributed by atoms with E-state index in [0.29, 0.717) is 11.6 Å². The van der Waals surface area contributed by atoms with Crippen molar-refractivity contribution in [1.29, 1.82) is 0 Å². The van der Waals surface area contributed by atoms with Crippen LogP contribution < -0.4 is 0 Å². The van der Waals surface area contributed by atoms with Gasteiger partial charge in [0.05, 0.1) is 22.8 Å². The van der Waals surface area contributed by atoms with Crippen LogP contribution in [0.5, 0.6) is 0 Å². The first-order chi connectivity index (χ1) is 14.4. The van der Waals surface area contributed by atoms with Gasteiger partial charge in [0.15, 0.2) is 5.65 Å². The van der Waals surface area contributed by atoms with E-state index in [1.807, 2.05) is 29.1 Å². The minimum atomic E-state index is 0.0995. The maximum absolute atomic E-state index is 13.9. The summed E-state index contributed by atoms with van der Waals surface area (Å²) in [5.74, 6) is 0.0995. The second-order valence-corrected chi connectivity index (χ2v) is 9.03. The van der Waals surface area contributed by atoms with E-state index in [-0.39, 0.29) is 18.0 Å². The largest absolute Gasteiger partial charge is 0.333 e. The standard InChI is InChI=1S/C25H32N4O/c1-16(2)28(19-11-7-8-12-19)25(30)21-14-23(20-13-9-6-10-18(20)5)27-24-22(21)15-26-29(24)17(3)4/h6,9-10,13-17,19H,7-8,11-12H2,1-5H3. The van der Waals surface area contributed by atoms with Gasteiger partial charge in [-0.3, -0.25) is 4.79 Å². The summed E-state index contributed by atoms with van der Waals surface area (Å²) in [6.07, 6.45) is 6.39. The molecule has 1 amide bonds. The fourth-order valence-corrected chi connectivity index (χ4v) is 4.71. The number of fused-ring (bicyclic) bond motifs is 1. The van der Waals surface area contributed by atoms with Crippen molar-refractivity contribution in [2.45, 2.75) is 78.4 Å². The summed E-state index contributed by atoms with van der Waals surface area (Å²) in [5, 5.41) is 5.42. The third kappa shape index (κ3) is 3.62. The van der Waals surface area contributed by atoms with Gasteiger partial charge in [-0.15, -0.1) is 0 Å². The molecule has 1 aromatic carbocycles. The predicted octanol–water partition coefficient (Wildman–Crippen LogP) is 5.78. The minimum Gasteiger partial charge on any atom is -0.333 e. The number of nitrogens with zero attached hydrogens (tertiary/aromatic N) is 4. The molecule has 158 valence electrons. The lowest BCUT2D eigenvalue weighted by Gasteiger charge is -2.33. The van der Waals surface area contributed by atoms with Crippen molar-refractivity contribution in [2.24, 2.45) is 0 Å². The van der Waals surface area contributed by atoms with Crippen molar-refractivity contribution >= 4 is 16.9 Å². The maximum atomic E-state index is 13.9. The van der Waals surface area contributed by atoms with Crippen LogP contribution in [0.4, 0.5) is 0 Å². The van der Waals surface area contributed by atoms with E-state index in [0.717, 1.165) is 40.7 Å². The third-order valence-corrected chi connectivity index (χ3v) is 6.22. The number of aromatic nitrogens is 3. The van der Waals surface area contributed by atoms with Crippen molar-refractivity contribution in [3.63, 3.8) is 0 Å². The first-order valence-electron chi connectivity index (χ1n) is 11.2. The Morgan fingerprint density at radius 1 is 1.13 bits per heavy atom. The molecule has 2 aromatic heterocycles. The van der Waals surface area contributed by atoms with Crippen LogP contribution in [0.3, 0.4) is 0 Å².